The Morgan fingerprint density at radius 2 is 1.53 bits per heavy atom. The fourth-order valence-electron chi connectivity index (χ4n) is 6.70. The van der Waals surface area contributed by atoms with Crippen molar-refractivity contribution in [2.45, 2.75) is 20.0 Å². The van der Waals surface area contributed by atoms with E-state index < -0.39 is 11.4 Å². The lowest BCUT2D eigenvalue weighted by Gasteiger charge is -2.22. The van der Waals surface area contributed by atoms with Crippen molar-refractivity contribution < 1.29 is 14.3 Å². The quantitative estimate of drug-likeness (QED) is 0.0906. The molecule has 3 heterocycles. The Kier molecular flexibility index (Phi) is 7.97. The van der Waals surface area contributed by atoms with Gasteiger partial charge in [-0.25, -0.2) is 4.79 Å². The molecular weight excluding hydrogens is 662 g/mol. The van der Waals surface area contributed by atoms with Crippen molar-refractivity contribution >= 4 is 67.4 Å². The van der Waals surface area contributed by atoms with Crippen LogP contribution in [-0.4, -0.2) is 21.0 Å². The number of hydrogen-bond acceptors (Lipinski definition) is 8. The molecule has 1 aliphatic heterocycles. The van der Waals surface area contributed by atoms with Crippen molar-refractivity contribution in [3.63, 3.8) is 0 Å². The Labute approximate surface area is 296 Å². The summed E-state index contributed by atoms with van der Waals surface area (Å²) >= 11 is 6.68. The molecule has 8 rings (SSSR count). The minimum atomic E-state index is -1.10. The Bertz CT molecular complexity index is 2700. The number of nitrogen functional groups attached to an aromatic ring is 1. The largest absolute Gasteiger partial charge is 0.478 e. The highest BCUT2D eigenvalue weighted by Crippen LogP contribution is 2.45. The number of nitrogens with zero attached hydrogens (tertiary/aromatic N) is 2. The number of benzene rings is 5. The molecule has 0 bridgehead atoms. The van der Waals surface area contributed by atoms with Crippen LogP contribution in [-0.2, 0) is 13.1 Å². The third kappa shape index (κ3) is 5.63. The van der Waals surface area contributed by atoms with Crippen molar-refractivity contribution in [3.05, 3.63) is 147 Å². The number of para-hydroxylation sites is 2. The van der Waals surface area contributed by atoms with Crippen LogP contribution in [0.25, 0.3) is 55.2 Å². The molecule has 2 aromatic heterocycles. The number of rotatable bonds is 8. The monoisotopic (exact) mass is 691 g/mol. The summed E-state index contributed by atoms with van der Waals surface area (Å²) in [5, 5.41) is 19.7. The molecule has 0 spiro atoms. The summed E-state index contributed by atoms with van der Waals surface area (Å²) in [6.45, 7) is 2.23. The SMILES string of the molecule is Cc1ccc2cccc(NCc3c4oc5c(CNc6cccc7cccnc67)c(N)ccc5c(-c5ccccc5C(=O)O)c-4cc(Cl)c3=O)c2n1. The van der Waals surface area contributed by atoms with Gasteiger partial charge < -0.3 is 25.9 Å². The van der Waals surface area contributed by atoms with Crippen LogP contribution in [0.5, 0.6) is 0 Å². The van der Waals surface area contributed by atoms with Gasteiger partial charge in [-0.1, -0.05) is 66.2 Å². The Hall–Kier alpha value is -6.45. The standard InChI is InChI=1S/C41H30ClN5O4/c1-22-14-15-24-8-5-13-34(37(24)47-22)46-21-30-38(48)31(42)19-28-35(25-10-2-3-11-26(25)41(49)50)27-16-17-32(43)29(39(27)51-40(28)30)20-45-33-12-4-7-23-9-6-18-44-36(23)33/h2-19,45-46H,20-21,43H2,1H3,(H,49,50). The average molecular weight is 692 g/mol. The summed E-state index contributed by atoms with van der Waals surface area (Å²) < 4.78 is 6.76. The normalized spacial score (nSPS) is 11.4. The van der Waals surface area contributed by atoms with Gasteiger partial charge in [-0.2, -0.15) is 0 Å². The maximum Gasteiger partial charge on any atom is 0.336 e. The Morgan fingerprint density at radius 1 is 0.824 bits per heavy atom. The molecule has 0 saturated carbocycles. The van der Waals surface area contributed by atoms with Crippen LogP contribution in [0.15, 0.2) is 119 Å². The van der Waals surface area contributed by atoms with Crippen molar-refractivity contribution in [1.29, 1.82) is 0 Å². The van der Waals surface area contributed by atoms with E-state index in [4.69, 9.17) is 26.7 Å². The van der Waals surface area contributed by atoms with Crippen LogP contribution in [0.4, 0.5) is 17.1 Å². The molecule has 9 nitrogen and oxygen atoms in total. The molecule has 0 saturated heterocycles. The first-order chi connectivity index (χ1) is 24.8. The van der Waals surface area contributed by atoms with E-state index >= 15 is 0 Å². The summed E-state index contributed by atoms with van der Waals surface area (Å²) in [5.41, 5.74) is 13.6. The van der Waals surface area contributed by atoms with Crippen molar-refractivity contribution in [2.75, 3.05) is 16.4 Å². The first kappa shape index (κ1) is 31.8. The van der Waals surface area contributed by atoms with E-state index in [0.717, 1.165) is 38.9 Å². The number of carboxylic acids is 1. The van der Waals surface area contributed by atoms with Gasteiger partial charge in [0.25, 0.3) is 0 Å². The van der Waals surface area contributed by atoms with E-state index in [1.54, 1.807) is 42.6 Å². The number of aryl methyl sites for hydroxylation is 1. The fraction of sp³-hybridized carbons (Fsp3) is 0.0732. The zero-order valence-corrected chi connectivity index (χ0v) is 28.1. The third-order valence-electron chi connectivity index (χ3n) is 9.15. The fourth-order valence-corrected chi connectivity index (χ4v) is 6.92. The number of hydrogen-bond donors (Lipinski definition) is 4. The topological polar surface area (TPSA) is 143 Å². The van der Waals surface area contributed by atoms with Crippen molar-refractivity contribution in [1.82, 2.24) is 9.97 Å². The summed E-state index contributed by atoms with van der Waals surface area (Å²) in [6, 6.07) is 31.4. The van der Waals surface area contributed by atoms with Gasteiger partial charge in [0.15, 0.2) is 0 Å². The maximum absolute atomic E-state index is 13.9. The number of carboxylic acid groups (broad SMARTS) is 1. The van der Waals surface area contributed by atoms with E-state index in [2.05, 4.69) is 15.6 Å². The lowest BCUT2D eigenvalue weighted by atomic mass is 9.88. The molecule has 0 atom stereocenters. The highest BCUT2D eigenvalue weighted by Gasteiger charge is 2.27. The molecule has 6 aromatic rings. The van der Waals surface area contributed by atoms with Gasteiger partial charge in [-0.15, -0.1) is 0 Å². The molecular formula is C41H30ClN5O4. The number of anilines is 3. The van der Waals surface area contributed by atoms with Gasteiger partial charge in [-0.3, -0.25) is 14.8 Å². The number of nitrogens with one attached hydrogen (secondary N) is 2. The summed E-state index contributed by atoms with van der Waals surface area (Å²) in [6.07, 6.45) is 1.74. The van der Waals surface area contributed by atoms with Crippen LogP contribution in [0.3, 0.4) is 0 Å². The number of fused-ring (bicyclic) bond motifs is 4. The van der Waals surface area contributed by atoms with Crippen LogP contribution in [0.2, 0.25) is 5.02 Å². The Morgan fingerprint density at radius 3 is 2.31 bits per heavy atom. The van der Waals surface area contributed by atoms with Gasteiger partial charge in [-0.05, 0) is 61.0 Å². The van der Waals surface area contributed by atoms with E-state index in [-0.39, 0.29) is 35.0 Å². The smallest absolute Gasteiger partial charge is 0.336 e. The average Bonchev–Trinajstić information content (AvgIpc) is 3.14. The maximum atomic E-state index is 13.9. The zero-order chi connectivity index (χ0) is 35.2. The van der Waals surface area contributed by atoms with Crippen LogP contribution < -0.4 is 21.8 Å². The molecule has 0 amide bonds. The highest BCUT2D eigenvalue weighted by molar-refractivity contribution is 6.31. The minimum absolute atomic E-state index is 0.0180. The van der Waals surface area contributed by atoms with Gasteiger partial charge in [0, 0.05) is 63.5 Å². The molecule has 10 heteroatoms. The van der Waals surface area contributed by atoms with Crippen LogP contribution >= 0.6 is 11.6 Å². The highest BCUT2D eigenvalue weighted by atomic mass is 35.5. The van der Waals surface area contributed by atoms with E-state index in [9.17, 15) is 14.7 Å². The van der Waals surface area contributed by atoms with Gasteiger partial charge >= 0.3 is 5.97 Å². The molecule has 0 radical (unpaired) electrons. The second-order valence-electron chi connectivity index (χ2n) is 12.3. The summed E-state index contributed by atoms with van der Waals surface area (Å²) in [4.78, 5) is 35.8. The number of aromatic carboxylic acids is 1. The summed E-state index contributed by atoms with van der Waals surface area (Å²) in [7, 11) is 0. The molecule has 250 valence electrons. The van der Waals surface area contributed by atoms with Crippen molar-refractivity contribution in [2.24, 2.45) is 0 Å². The molecule has 4 aromatic carbocycles. The van der Waals surface area contributed by atoms with Crippen molar-refractivity contribution in [3.8, 4) is 22.5 Å². The third-order valence-corrected chi connectivity index (χ3v) is 9.43. The lowest BCUT2D eigenvalue weighted by Crippen LogP contribution is -2.17. The number of aromatic nitrogens is 2. The van der Waals surface area contributed by atoms with Gasteiger partial charge in [0.1, 0.15) is 11.3 Å². The zero-order valence-electron chi connectivity index (χ0n) is 27.3. The second kappa shape index (κ2) is 12.8. The molecule has 0 fully saturated rings. The first-order valence-electron chi connectivity index (χ1n) is 16.3. The van der Waals surface area contributed by atoms with E-state index in [0.29, 0.717) is 38.9 Å². The molecule has 5 N–H and O–H groups in total. The van der Waals surface area contributed by atoms with Gasteiger partial charge in [0.2, 0.25) is 5.43 Å². The number of halogens is 1. The Balaban J connectivity index is 1.35. The van der Waals surface area contributed by atoms with Crippen LogP contribution in [0, 0.1) is 6.92 Å². The van der Waals surface area contributed by atoms with E-state index in [1.807, 2.05) is 73.7 Å². The number of nitrogens with two attached hydrogens (primary N) is 1. The molecule has 2 aliphatic rings. The lowest BCUT2D eigenvalue weighted by molar-refractivity contribution is 0.0697. The van der Waals surface area contributed by atoms with E-state index in [1.165, 1.54) is 0 Å². The number of pyridine rings is 2. The second-order valence-corrected chi connectivity index (χ2v) is 12.7. The van der Waals surface area contributed by atoms with Crippen LogP contribution in [0.1, 0.15) is 27.2 Å². The number of carbonyl (C=O) groups is 1. The summed E-state index contributed by atoms with van der Waals surface area (Å²) in [5.74, 6) is -0.830. The first-order valence-corrected chi connectivity index (χ1v) is 16.7. The predicted molar refractivity (Wildman–Crippen MR) is 204 cm³/mol. The predicted octanol–water partition coefficient (Wildman–Crippen LogP) is 9.13. The molecule has 0 unspecified atom stereocenters. The molecule has 51 heavy (non-hydrogen) atoms. The minimum Gasteiger partial charge on any atom is -0.478 e. The molecule has 1 aliphatic carbocycles. The van der Waals surface area contributed by atoms with Gasteiger partial charge in [0.05, 0.1) is 38.6 Å².